The zero-order chi connectivity index (χ0) is 17.1. The molecule has 122 valence electrons. The zero-order valence-corrected chi connectivity index (χ0v) is 12.5. The maximum atomic E-state index is 12.4. The van der Waals surface area contributed by atoms with Gasteiger partial charge in [0, 0.05) is 5.56 Å². The molecule has 0 heterocycles. The lowest BCUT2D eigenvalue weighted by Gasteiger charge is -2.09. The number of nitrogens with one attached hydrogen (secondary N) is 1. The number of amides is 1. The monoisotopic (exact) mass is 343 g/mol. The largest absolute Gasteiger partial charge is 0.416 e. The van der Waals surface area contributed by atoms with E-state index in [1.165, 1.54) is 0 Å². The summed E-state index contributed by atoms with van der Waals surface area (Å²) in [5.41, 5.74) is -0.601. The van der Waals surface area contributed by atoms with Crippen molar-refractivity contribution < 1.29 is 26.4 Å². The third-order valence-corrected chi connectivity index (χ3v) is 4.13. The van der Waals surface area contributed by atoms with Gasteiger partial charge in [-0.05, 0) is 29.8 Å². The Kier molecular flexibility index (Phi) is 4.74. The molecule has 0 bridgehead atoms. The van der Waals surface area contributed by atoms with Gasteiger partial charge in [-0.2, -0.15) is 13.2 Å². The molecule has 0 spiro atoms. The molecule has 2 aromatic carbocycles. The van der Waals surface area contributed by atoms with Crippen LogP contribution in [0.1, 0.15) is 21.5 Å². The lowest BCUT2D eigenvalue weighted by Crippen LogP contribution is -2.31. The Balaban J connectivity index is 2.09. The molecule has 4 nitrogen and oxygen atoms in total. The van der Waals surface area contributed by atoms with E-state index in [-0.39, 0.29) is 5.56 Å². The van der Waals surface area contributed by atoms with Crippen molar-refractivity contribution in [3.8, 4) is 0 Å². The Bertz CT molecular complexity index is 785. The highest BCUT2D eigenvalue weighted by atomic mass is 32.2. The molecular formula is C15H12F3NO3S. The van der Waals surface area contributed by atoms with E-state index in [4.69, 9.17) is 0 Å². The molecule has 0 atom stereocenters. The fourth-order valence-corrected chi connectivity index (χ4v) is 2.94. The first-order valence-corrected chi connectivity index (χ1v) is 8.09. The van der Waals surface area contributed by atoms with E-state index in [1.54, 1.807) is 30.3 Å². The van der Waals surface area contributed by atoms with Crippen molar-refractivity contribution in [3.05, 3.63) is 71.3 Å². The number of halogens is 3. The molecule has 0 unspecified atom stereocenters. The highest BCUT2D eigenvalue weighted by Crippen LogP contribution is 2.29. The first-order chi connectivity index (χ1) is 10.7. The SMILES string of the molecule is O=C(NS(=O)(=O)Cc1ccccc1)c1ccc(C(F)(F)F)cc1. The average Bonchev–Trinajstić information content (AvgIpc) is 2.46. The summed E-state index contributed by atoms with van der Waals surface area (Å²) in [4.78, 5) is 11.8. The van der Waals surface area contributed by atoms with Crippen molar-refractivity contribution in [2.45, 2.75) is 11.9 Å². The number of hydrogen-bond donors (Lipinski definition) is 1. The van der Waals surface area contributed by atoms with E-state index in [2.05, 4.69) is 0 Å². The number of sulfonamides is 1. The molecule has 1 N–H and O–H groups in total. The maximum absolute atomic E-state index is 12.4. The Morgan fingerprint density at radius 2 is 1.52 bits per heavy atom. The molecule has 0 aliphatic heterocycles. The van der Waals surface area contributed by atoms with Crippen LogP contribution in [0.25, 0.3) is 0 Å². The van der Waals surface area contributed by atoms with Crippen LogP contribution in [-0.2, 0) is 22.0 Å². The van der Waals surface area contributed by atoms with Crippen LogP contribution < -0.4 is 4.72 Å². The molecule has 0 fully saturated rings. The number of hydrogen-bond acceptors (Lipinski definition) is 3. The van der Waals surface area contributed by atoms with Gasteiger partial charge in [0.25, 0.3) is 5.91 Å². The van der Waals surface area contributed by atoms with Crippen LogP contribution in [0.3, 0.4) is 0 Å². The first-order valence-electron chi connectivity index (χ1n) is 6.43. The lowest BCUT2D eigenvalue weighted by atomic mass is 10.1. The second kappa shape index (κ2) is 6.41. The third kappa shape index (κ3) is 4.82. The fourth-order valence-electron chi connectivity index (χ4n) is 1.84. The summed E-state index contributed by atoms with van der Waals surface area (Å²) in [7, 11) is -3.94. The molecule has 2 aromatic rings. The number of carbonyl (C=O) groups excluding carboxylic acids is 1. The molecule has 8 heteroatoms. The topological polar surface area (TPSA) is 63.2 Å². The van der Waals surface area contributed by atoms with Crippen molar-refractivity contribution in [3.63, 3.8) is 0 Å². The standard InChI is InChI=1S/C15H12F3NO3S/c16-15(17,18)13-8-6-12(7-9-13)14(20)19-23(21,22)10-11-4-2-1-3-5-11/h1-9H,10H2,(H,19,20). The van der Waals surface area contributed by atoms with E-state index in [1.807, 2.05) is 4.72 Å². The van der Waals surface area contributed by atoms with Crippen LogP contribution in [0.2, 0.25) is 0 Å². The van der Waals surface area contributed by atoms with Gasteiger partial charge in [0.1, 0.15) is 0 Å². The quantitative estimate of drug-likeness (QED) is 0.928. The molecular weight excluding hydrogens is 331 g/mol. The van der Waals surface area contributed by atoms with Crippen molar-refractivity contribution in [1.82, 2.24) is 4.72 Å². The minimum Gasteiger partial charge on any atom is -0.268 e. The first kappa shape index (κ1) is 17.0. The summed E-state index contributed by atoms with van der Waals surface area (Å²) in [5.74, 6) is -1.38. The normalized spacial score (nSPS) is 12.0. The van der Waals surface area contributed by atoms with Gasteiger partial charge in [0.05, 0.1) is 11.3 Å². The van der Waals surface area contributed by atoms with Gasteiger partial charge in [0.15, 0.2) is 0 Å². The summed E-state index contributed by atoms with van der Waals surface area (Å²) >= 11 is 0. The van der Waals surface area contributed by atoms with E-state index >= 15 is 0 Å². The molecule has 0 saturated heterocycles. The van der Waals surface area contributed by atoms with E-state index in [0.717, 1.165) is 24.3 Å². The summed E-state index contributed by atoms with van der Waals surface area (Å²) in [6.07, 6.45) is -4.52. The van der Waals surface area contributed by atoms with Gasteiger partial charge in [0.2, 0.25) is 10.0 Å². The molecule has 0 saturated carbocycles. The van der Waals surface area contributed by atoms with Gasteiger partial charge >= 0.3 is 6.18 Å². The van der Waals surface area contributed by atoms with Crippen LogP contribution in [0.5, 0.6) is 0 Å². The van der Waals surface area contributed by atoms with Crippen molar-refractivity contribution >= 4 is 15.9 Å². The van der Waals surface area contributed by atoms with Crippen LogP contribution in [0.4, 0.5) is 13.2 Å². The van der Waals surface area contributed by atoms with Crippen molar-refractivity contribution in [2.75, 3.05) is 0 Å². The van der Waals surface area contributed by atoms with Crippen LogP contribution in [0, 0.1) is 0 Å². The maximum Gasteiger partial charge on any atom is 0.416 e. The number of rotatable bonds is 4. The smallest absolute Gasteiger partial charge is 0.268 e. The number of benzene rings is 2. The van der Waals surface area contributed by atoms with Crippen molar-refractivity contribution in [1.29, 1.82) is 0 Å². The fraction of sp³-hybridized carbons (Fsp3) is 0.133. The van der Waals surface area contributed by atoms with E-state index < -0.39 is 33.4 Å². The second-order valence-electron chi connectivity index (χ2n) is 4.75. The molecule has 0 aliphatic rings. The Morgan fingerprint density at radius 1 is 0.957 bits per heavy atom. The summed E-state index contributed by atoms with van der Waals surface area (Å²) in [6.45, 7) is 0. The highest BCUT2D eigenvalue weighted by Gasteiger charge is 2.30. The summed E-state index contributed by atoms with van der Waals surface area (Å²) in [5, 5.41) is 0. The van der Waals surface area contributed by atoms with Crippen molar-refractivity contribution in [2.24, 2.45) is 0 Å². The van der Waals surface area contributed by atoms with Crippen LogP contribution in [0.15, 0.2) is 54.6 Å². The van der Waals surface area contributed by atoms with Gasteiger partial charge < -0.3 is 0 Å². The molecule has 0 radical (unpaired) electrons. The Morgan fingerprint density at radius 3 is 2.04 bits per heavy atom. The van der Waals surface area contributed by atoms with Gasteiger partial charge in [-0.1, -0.05) is 30.3 Å². The van der Waals surface area contributed by atoms with Gasteiger partial charge in [-0.15, -0.1) is 0 Å². The molecule has 2 rings (SSSR count). The lowest BCUT2D eigenvalue weighted by molar-refractivity contribution is -0.137. The Hall–Kier alpha value is -2.35. The summed E-state index contributed by atoms with van der Waals surface area (Å²) < 4.78 is 62.9. The second-order valence-corrected chi connectivity index (χ2v) is 6.47. The van der Waals surface area contributed by atoms with Gasteiger partial charge in [-0.3, -0.25) is 4.79 Å². The molecule has 0 aliphatic carbocycles. The van der Waals surface area contributed by atoms with Crippen LogP contribution >= 0.6 is 0 Å². The minimum atomic E-state index is -4.52. The third-order valence-electron chi connectivity index (χ3n) is 2.92. The predicted octanol–water partition coefficient (Wildman–Crippen LogP) is 2.97. The molecule has 23 heavy (non-hydrogen) atoms. The number of alkyl halides is 3. The highest BCUT2D eigenvalue weighted by molar-refractivity contribution is 7.89. The number of carbonyl (C=O) groups is 1. The molecule has 0 aromatic heterocycles. The van der Waals surface area contributed by atoms with E-state index in [9.17, 15) is 26.4 Å². The van der Waals surface area contributed by atoms with E-state index in [0.29, 0.717) is 5.56 Å². The minimum absolute atomic E-state index is 0.172. The summed E-state index contributed by atoms with van der Waals surface area (Å²) in [6, 6.07) is 11.5. The van der Waals surface area contributed by atoms with Gasteiger partial charge in [-0.25, -0.2) is 13.1 Å². The van der Waals surface area contributed by atoms with Crippen LogP contribution in [-0.4, -0.2) is 14.3 Å². The Labute approximate surface area is 131 Å². The predicted molar refractivity (Wildman–Crippen MR) is 78.0 cm³/mol. The average molecular weight is 343 g/mol. The zero-order valence-electron chi connectivity index (χ0n) is 11.7. The molecule has 1 amide bonds.